The number of aromatic nitrogens is 1. The number of benzene rings is 1. The third kappa shape index (κ3) is 3.66. The molecule has 0 unspecified atom stereocenters. The number of carbonyl (C=O) groups excluding carboxylic acids is 1. The van der Waals surface area contributed by atoms with Crippen molar-refractivity contribution in [1.82, 2.24) is 19.1 Å². The first-order valence-electron chi connectivity index (χ1n) is 11.4. The third-order valence-corrected chi connectivity index (χ3v) is 8.75. The first-order chi connectivity index (χ1) is 15.5. The van der Waals surface area contributed by atoms with E-state index in [-0.39, 0.29) is 12.4 Å². The van der Waals surface area contributed by atoms with Crippen LogP contribution in [0.2, 0.25) is 0 Å². The van der Waals surface area contributed by atoms with Crippen LogP contribution >= 0.6 is 11.5 Å². The summed E-state index contributed by atoms with van der Waals surface area (Å²) in [6, 6.07) is 8.21. The van der Waals surface area contributed by atoms with Crippen LogP contribution in [0.4, 0.5) is 5.69 Å². The lowest BCUT2D eigenvalue weighted by Gasteiger charge is -2.47. The van der Waals surface area contributed by atoms with Crippen LogP contribution in [0.1, 0.15) is 29.8 Å². The van der Waals surface area contributed by atoms with Gasteiger partial charge in [0.15, 0.2) is 0 Å². The number of hydrogen-bond acceptors (Lipinski definition) is 7. The zero-order chi connectivity index (χ0) is 22.4. The van der Waals surface area contributed by atoms with E-state index in [4.69, 9.17) is 9.90 Å². The molecule has 4 bridgehead atoms. The fraction of sp³-hybridized carbons (Fsp3) is 0.609. The number of piperazine rings is 1. The first-order valence-corrected chi connectivity index (χ1v) is 12.2. The number of nitrogens with zero attached hydrogens (tertiary/aromatic N) is 5. The zero-order valence-electron chi connectivity index (χ0n) is 18.7. The maximum absolute atomic E-state index is 13.3. The van der Waals surface area contributed by atoms with Gasteiger partial charge < -0.3 is 19.8 Å². The Morgan fingerprint density at radius 3 is 2.56 bits per heavy atom. The summed E-state index contributed by atoms with van der Waals surface area (Å²) in [7, 11) is 4.21. The molecule has 5 fully saturated rings. The molecule has 2 aromatic rings. The van der Waals surface area contributed by atoms with E-state index in [2.05, 4.69) is 44.3 Å². The van der Waals surface area contributed by atoms with Gasteiger partial charge in [0.2, 0.25) is 0 Å². The topological polar surface area (TPSA) is 80.2 Å². The molecule has 1 aromatic heterocycles. The third-order valence-electron chi connectivity index (χ3n) is 7.94. The number of fused-ring (bicyclic) bond motifs is 6. The minimum atomic E-state index is -0.250. The molecule has 5 aliphatic rings. The molecule has 172 valence electrons. The molecule has 0 aliphatic carbocycles. The van der Waals surface area contributed by atoms with E-state index in [0.717, 1.165) is 29.7 Å². The lowest BCUT2D eigenvalue weighted by molar-refractivity contribution is -0.122. The van der Waals surface area contributed by atoms with Crippen LogP contribution in [-0.4, -0.2) is 102 Å². The highest BCUT2D eigenvalue weighted by Gasteiger charge is 2.42. The number of likely N-dealkylation sites (tertiary alicyclic amines) is 1. The lowest BCUT2D eigenvalue weighted by atomic mass is 9.83. The maximum Gasteiger partial charge on any atom is 0.290 e. The van der Waals surface area contributed by atoms with E-state index in [9.17, 15) is 4.79 Å². The molecule has 1 amide bonds. The van der Waals surface area contributed by atoms with Gasteiger partial charge in [-0.2, -0.15) is 4.37 Å². The van der Waals surface area contributed by atoms with Crippen molar-refractivity contribution in [2.24, 2.45) is 5.92 Å². The number of likely N-dealkylation sites (N-methyl/N-ethyl adjacent to an activating group) is 2. The van der Waals surface area contributed by atoms with Crippen molar-refractivity contribution in [1.29, 1.82) is 0 Å². The molecule has 8 nitrogen and oxygen atoms in total. The largest absolute Gasteiger partial charge is 0.483 e. The van der Waals surface area contributed by atoms with Gasteiger partial charge >= 0.3 is 0 Å². The Labute approximate surface area is 192 Å². The predicted molar refractivity (Wildman–Crippen MR) is 126 cm³/mol. The summed E-state index contributed by atoms with van der Waals surface area (Å²) < 4.78 is 5.74. The second-order valence-electron chi connectivity index (χ2n) is 9.57. The van der Waals surface area contributed by atoms with Gasteiger partial charge in [-0.25, -0.2) is 0 Å². The van der Waals surface area contributed by atoms with Crippen LogP contribution < -0.4 is 4.90 Å². The number of carbonyl (C=O) groups is 2. The quantitative estimate of drug-likeness (QED) is 0.707. The second-order valence-corrected chi connectivity index (χ2v) is 10.4. The van der Waals surface area contributed by atoms with Crippen molar-refractivity contribution < 1.29 is 14.7 Å². The highest BCUT2D eigenvalue weighted by atomic mass is 32.1. The Morgan fingerprint density at radius 2 is 1.97 bits per heavy atom. The molecule has 6 heterocycles. The molecular formula is C23H31N5O3S. The highest BCUT2D eigenvalue weighted by Crippen LogP contribution is 2.37. The van der Waals surface area contributed by atoms with Gasteiger partial charge in [-0.1, -0.05) is 0 Å². The fourth-order valence-electron chi connectivity index (χ4n) is 6.13. The van der Waals surface area contributed by atoms with Gasteiger partial charge in [0.25, 0.3) is 12.4 Å². The second kappa shape index (κ2) is 8.61. The van der Waals surface area contributed by atoms with Crippen molar-refractivity contribution in [3.8, 4) is 0 Å². The van der Waals surface area contributed by atoms with E-state index < -0.39 is 0 Å². The summed E-state index contributed by atoms with van der Waals surface area (Å²) in [4.78, 5) is 31.2. The van der Waals surface area contributed by atoms with E-state index in [1.54, 1.807) is 0 Å². The van der Waals surface area contributed by atoms with Gasteiger partial charge in [-0.05, 0) is 75.0 Å². The van der Waals surface area contributed by atoms with Gasteiger partial charge in [-0.15, -0.1) is 0 Å². The van der Waals surface area contributed by atoms with Crippen molar-refractivity contribution in [2.75, 3.05) is 51.7 Å². The monoisotopic (exact) mass is 457 g/mol. The van der Waals surface area contributed by atoms with Gasteiger partial charge in [0.1, 0.15) is 5.69 Å². The molecule has 32 heavy (non-hydrogen) atoms. The van der Waals surface area contributed by atoms with Gasteiger partial charge in [0.05, 0.1) is 4.70 Å². The molecule has 1 N–H and O–H groups in total. The zero-order valence-corrected chi connectivity index (χ0v) is 19.5. The number of amides is 1. The van der Waals surface area contributed by atoms with E-state index in [1.165, 1.54) is 49.6 Å². The molecule has 1 aromatic carbocycles. The standard InChI is InChI=1S/C22H29N5OS.CH2O2/c1-24-11-17-9-16(24)12-27(17)15-3-4-18-20(10-15)29-23-21(18)22(28)25(2)19-13-26-7-5-14(19)6-8-26;2-1-3/h3-4,10,14,16-17,19H,5-9,11-13H2,1-2H3;1H,(H,2,3)/t16-,17-,19-;/m0./s1. The average Bonchev–Trinajstić information content (AvgIpc) is 3.52. The summed E-state index contributed by atoms with van der Waals surface area (Å²) in [6.07, 6.45) is 3.71. The summed E-state index contributed by atoms with van der Waals surface area (Å²) >= 11 is 1.47. The molecule has 0 saturated carbocycles. The molecule has 7 rings (SSSR count). The predicted octanol–water partition coefficient (Wildman–Crippen LogP) is 2.06. The summed E-state index contributed by atoms with van der Waals surface area (Å²) in [5.41, 5.74) is 1.92. The Hall–Kier alpha value is -2.23. The van der Waals surface area contributed by atoms with Crippen molar-refractivity contribution in [3.05, 3.63) is 23.9 Å². The molecule has 3 atom stereocenters. The Balaban J connectivity index is 0.000000684. The van der Waals surface area contributed by atoms with Crippen LogP contribution in [0.25, 0.3) is 10.1 Å². The molecule has 5 saturated heterocycles. The van der Waals surface area contributed by atoms with Crippen LogP contribution in [-0.2, 0) is 4.79 Å². The molecule has 0 spiro atoms. The van der Waals surface area contributed by atoms with Crippen molar-refractivity contribution >= 4 is 39.7 Å². The van der Waals surface area contributed by atoms with Crippen LogP contribution in [0.15, 0.2) is 18.2 Å². The highest BCUT2D eigenvalue weighted by molar-refractivity contribution is 7.13. The van der Waals surface area contributed by atoms with E-state index in [1.807, 2.05) is 11.9 Å². The molecule has 0 radical (unpaired) electrons. The lowest BCUT2D eigenvalue weighted by Crippen LogP contribution is -2.57. The minimum absolute atomic E-state index is 0.0876. The molecule has 5 aliphatic heterocycles. The maximum atomic E-state index is 13.3. The van der Waals surface area contributed by atoms with Gasteiger partial charge in [0, 0.05) is 55.9 Å². The minimum Gasteiger partial charge on any atom is -0.483 e. The molecular weight excluding hydrogens is 426 g/mol. The normalized spacial score (nSPS) is 30.9. The van der Waals surface area contributed by atoms with Crippen LogP contribution in [0.5, 0.6) is 0 Å². The summed E-state index contributed by atoms with van der Waals surface area (Å²) in [5.74, 6) is 0.735. The van der Waals surface area contributed by atoms with E-state index in [0.29, 0.717) is 29.7 Å². The number of anilines is 1. The van der Waals surface area contributed by atoms with Crippen molar-refractivity contribution in [3.63, 3.8) is 0 Å². The van der Waals surface area contributed by atoms with Crippen LogP contribution in [0.3, 0.4) is 0 Å². The Bertz CT molecular complexity index is 1000. The fourth-order valence-corrected chi connectivity index (χ4v) is 6.93. The SMILES string of the molecule is CN1C[C@@H]2C[C@H]1CN2c1ccc2c(C(=O)N(C)[C@H]3CN4CCC3CC4)nsc2c1.O=CO. The summed E-state index contributed by atoms with van der Waals surface area (Å²) in [5, 5.41) is 7.90. The number of hydrogen-bond donors (Lipinski definition) is 1. The van der Waals surface area contributed by atoms with Crippen LogP contribution in [0, 0.1) is 5.92 Å². The number of carboxylic acid groups (broad SMARTS) is 1. The number of piperidine rings is 3. The summed E-state index contributed by atoms with van der Waals surface area (Å²) in [6.45, 7) is 5.42. The van der Waals surface area contributed by atoms with Gasteiger partial charge in [-0.3, -0.25) is 14.5 Å². The Morgan fingerprint density at radius 1 is 1.22 bits per heavy atom. The Kier molecular flexibility index (Phi) is 5.81. The average molecular weight is 458 g/mol. The smallest absolute Gasteiger partial charge is 0.290 e. The van der Waals surface area contributed by atoms with Crippen molar-refractivity contribution in [2.45, 2.75) is 37.4 Å². The number of rotatable bonds is 3. The molecule has 9 heteroatoms. The van der Waals surface area contributed by atoms with E-state index >= 15 is 0 Å². The first kappa shape index (κ1) is 21.6.